The molecule has 0 saturated heterocycles. The van der Waals surface area contributed by atoms with Gasteiger partial charge in [-0.2, -0.15) is 0 Å². The molecule has 3 nitrogen and oxygen atoms in total. The van der Waals surface area contributed by atoms with Gasteiger partial charge in [-0.1, -0.05) is 37.3 Å². The van der Waals surface area contributed by atoms with Crippen molar-refractivity contribution in [3.63, 3.8) is 0 Å². The monoisotopic (exact) mass is 221 g/mol. The van der Waals surface area contributed by atoms with Crippen LogP contribution in [0.15, 0.2) is 30.3 Å². The molecule has 16 heavy (non-hydrogen) atoms. The van der Waals surface area contributed by atoms with Crippen LogP contribution in [0, 0.1) is 0 Å². The first-order valence-corrected chi connectivity index (χ1v) is 5.71. The van der Waals surface area contributed by atoms with Crippen molar-refractivity contribution in [2.75, 3.05) is 13.1 Å². The zero-order chi connectivity index (χ0) is 12.0. The molecule has 1 atom stereocenters. The van der Waals surface area contributed by atoms with E-state index >= 15 is 0 Å². The Labute approximate surface area is 96.7 Å². The SMILES string of the molecule is CCC(CN(CC)C(=O)O)c1ccccc1. The molecule has 1 aromatic carbocycles. The number of hydrogen-bond donors (Lipinski definition) is 1. The molecule has 1 aromatic rings. The van der Waals surface area contributed by atoms with Crippen molar-refractivity contribution in [1.29, 1.82) is 0 Å². The lowest BCUT2D eigenvalue weighted by atomic mass is 9.96. The largest absolute Gasteiger partial charge is 0.465 e. The van der Waals surface area contributed by atoms with Crippen LogP contribution in [0.5, 0.6) is 0 Å². The van der Waals surface area contributed by atoms with Crippen molar-refractivity contribution < 1.29 is 9.90 Å². The summed E-state index contributed by atoms with van der Waals surface area (Å²) in [6.45, 7) is 5.07. The fourth-order valence-electron chi connectivity index (χ4n) is 1.80. The van der Waals surface area contributed by atoms with E-state index in [9.17, 15) is 4.79 Å². The second kappa shape index (κ2) is 6.16. The summed E-state index contributed by atoms with van der Waals surface area (Å²) in [5, 5.41) is 8.99. The van der Waals surface area contributed by atoms with E-state index in [4.69, 9.17) is 5.11 Å². The van der Waals surface area contributed by atoms with Crippen LogP contribution in [-0.2, 0) is 0 Å². The van der Waals surface area contributed by atoms with Gasteiger partial charge in [0.15, 0.2) is 0 Å². The third kappa shape index (κ3) is 3.26. The number of hydrogen-bond acceptors (Lipinski definition) is 1. The van der Waals surface area contributed by atoms with E-state index < -0.39 is 6.09 Å². The Morgan fingerprint density at radius 2 is 1.94 bits per heavy atom. The fourth-order valence-corrected chi connectivity index (χ4v) is 1.80. The molecule has 1 rings (SSSR count). The van der Waals surface area contributed by atoms with Gasteiger partial charge in [0.1, 0.15) is 0 Å². The van der Waals surface area contributed by atoms with Crippen molar-refractivity contribution in [2.24, 2.45) is 0 Å². The predicted molar refractivity (Wildman–Crippen MR) is 64.7 cm³/mol. The molecule has 1 amide bonds. The molecule has 0 aliphatic carbocycles. The molecule has 0 heterocycles. The van der Waals surface area contributed by atoms with E-state index in [1.54, 1.807) is 0 Å². The molecule has 0 aliphatic rings. The summed E-state index contributed by atoms with van der Waals surface area (Å²) in [7, 11) is 0. The summed E-state index contributed by atoms with van der Waals surface area (Å²) in [5.41, 5.74) is 1.21. The van der Waals surface area contributed by atoms with Crippen LogP contribution in [0.2, 0.25) is 0 Å². The molecule has 1 unspecified atom stereocenters. The van der Waals surface area contributed by atoms with Gasteiger partial charge in [-0.25, -0.2) is 4.79 Å². The highest BCUT2D eigenvalue weighted by atomic mass is 16.4. The molecule has 0 aliphatic heterocycles. The average molecular weight is 221 g/mol. The Morgan fingerprint density at radius 3 is 2.38 bits per heavy atom. The van der Waals surface area contributed by atoms with E-state index in [1.165, 1.54) is 10.5 Å². The number of amides is 1. The highest BCUT2D eigenvalue weighted by Crippen LogP contribution is 2.20. The minimum atomic E-state index is -0.836. The van der Waals surface area contributed by atoms with E-state index in [-0.39, 0.29) is 5.92 Å². The number of carbonyl (C=O) groups is 1. The first-order chi connectivity index (χ1) is 7.69. The zero-order valence-electron chi connectivity index (χ0n) is 9.89. The minimum absolute atomic E-state index is 0.289. The molecule has 0 fully saturated rings. The van der Waals surface area contributed by atoms with Crippen LogP contribution in [0.1, 0.15) is 31.7 Å². The van der Waals surface area contributed by atoms with Gasteiger partial charge in [0.05, 0.1) is 0 Å². The van der Waals surface area contributed by atoms with Crippen LogP contribution in [0.4, 0.5) is 4.79 Å². The summed E-state index contributed by atoms with van der Waals surface area (Å²) < 4.78 is 0. The van der Waals surface area contributed by atoms with Gasteiger partial charge in [0.2, 0.25) is 0 Å². The second-order valence-corrected chi connectivity index (χ2v) is 3.84. The predicted octanol–water partition coefficient (Wildman–Crippen LogP) is 3.18. The van der Waals surface area contributed by atoms with Gasteiger partial charge < -0.3 is 10.0 Å². The molecule has 0 saturated carbocycles. The Balaban J connectivity index is 2.72. The van der Waals surface area contributed by atoms with E-state index in [0.717, 1.165) is 6.42 Å². The van der Waals surface area contributed by atoms with Crippen LogP contribution in [-0.4, -0.2) is 29.2 Å². The maximum Gasteiger partial charge on any atom is 0.407 e. The summed E-state index contributed by atoms with van der Waals surface area (Å²) in [6, 6.07) is 10.1. The Bertz CT molecular complexity index is 324. The van der Waals surface area contributed by atoms with Crippen molar-refractivity contribution in [3.8, 4) is 0 Å². The van der Waals surface area contributed by atoms with Crippen molar-refractivity contribution in [3.05, 3.63) is 35.9 Å². The van der Waals surface area contributed by atoms with E-state index in [0.29, 0.717) is 13.1 Å². The standard InChI is InChI=1S/C13H19NO2/c1-3-11(10-14(4-2)13(15)16)12-8-6-5-7-9-12/h5-9,11H,3-4,10H2,1-2H3,(H,15,16). The highest BCUT2D eigenvalue weighted by Gasteiger charge is 2.16. The van der Waals surface area contributed by atoms with Gasteiger partial charge >= 0.3 is 6.09 Å². The number of rotatable bonds is 5. The molecule has 88 valence electrons. The van der Waals surface area contributed by atoms with Crippen LogP contribution < -0.4 is 0 Å². The summed E-state index contributed by atoms with van der Waals surface area (Å²) in [4.78, 5) is 12.4. The molecule has 0 radical (unpaired) electrons. The zero-order valence-corrected chi connectivity index (χ0v) is 9.89. The van der Waals surface area contributed by atoms with Crippen molar-refractivity contribution in [2.45, 2.75) is 26.2 Å². The number of nitrogens with zero attached hydrogens (tertiary/aromatic N) is 1. The van der Waals surface area contributed by atoms with Crippen LogP contribution in [0.25, 0.3) is 0 Å². The Hall–Kier alpha value is -1.51. The summed E-state index contributed by atoms with van der Waals surface area (Å²) in [5.74, 6) is 0.289. The number of benzene rings is 1. The third-order valence-electron chi connectivity index (χ3n) is 2.86. The lowest BCUT2D eigenvalue weighted by Crippen LogP contribution is -2.33. The molecule has 0 aromatic heterocycles. The van der Waals surface area contributed by atoms with Gasteiger partial charge in [-0.05, 0) is 18.9 Å². The van der Waals surface area contributed by atoms with Crippen molar-refractivity contribution in [1.82, 2.24) is 4.90 Å². The first kappa shape index (κ1) is 12.6. The highest BCUT2D eigenvalue weighted by molar-refractivity contribution is 5.65. The third-order valence-corrected chi connectivity index (χ3v) is 2.86. The summed E-state index contributed by atoms with van der Waals surface area (Å²) in [6.07, 6.45) is 0.116. The van der Waals surface area contributed by atoms with E-state index in [2.05, 4.69) is 19.1 Å². The fraction of sp³-hybridized carbons (Fsp3) is 0.462. The van der Waals surface area contributed by atoms with Crippen molar-refractivity contribution >= 4 is 6.09 Å². The molecule has 0 spiro atoms. The lowest BCUT2D eigenvalue weighted by molar-refractivity contribution is 0.144. The van der Waals surface area contributed by atoms with Gasteiger partial charge in [0, 0.05) is 19.0 Å². The first-order valence-electron chi connectivity index (χ1n) is 5.71. The minimum Gasteiger partial charge on any atom is -0.465 e. The Morgan fingerprint density at radius 1 is 1.31 bits per heavy atom. The topological polar surface area (TPSA) is 40.5 Å². The lowest BCUT2D eigenvalue weighted by Gasteiger charge is -2.23. The van der Waals surface area contributed by atoms with Crippen LogP contribution in [0.3, 0.4) is 0 Å². The van der Waals surface area contributed by atoms with Crippen LogP contribution >= 0.6 is 0 Å². The maximum absolute atomic E-state index is 10.9. The van der Waals surface area contributed by atoms with Gasteiger partial charge in [0.25, 0.3) is 0 Å². The number of likely N-dealkylation sites (N-methyl/N-ethyl adjacent to an activating group) is 1. The van der Waals surface area contributed by atoms with Gasteiger partial charge in [-0.3, -0.25) is 0 Å². The average Bonchev–Trinajstić information content (AvgIpc) is 2.31. The molecular weight excluding hydrogens is 202 g/mol. The Kier molecular flexibility index (Phi) is 4.83. The molecule has 0 bridgehead atoms. The second-order valence-electron chi connectivity index (χ2n) is 3.84. The molecule has 1 N–H and O–H groups in total. The van der Waals surface area contributed by atoms with E-state index in [1.807, 2.05) is 25.1 Å². The normalized spacial score (nSPS) is 12.1. The number of carboxylic acid groups (broad SMARTS) is 1. The quantitative estimate of drug-likeness (QED) is 0.829. The molecular formula is C13H19NO2. The smallest absolute Gasteiger partial charge is 0.407 e. The summed E-state index contributed by atoms with van der Waals surface area (Å²) >= 11 is 0. The molecule has 3 heteroatoms. The maximum atomic E-state index is 10.9. The van der Waals surface area contributed by atoms with Gasteiger partial charge in [-0.15, -0.1) is 0 Å².